The van der Waals surface area contributed by atoms with Gasteiger partial charge in [-0.3, -0.25) is 14.5 Å². The minimum absolute atomic E-state index is 0.0186. The lowest BCUT2D eigenvalue weighted by Gasteiger charge is -2.42. The Morgan fingerprint density at radius 3 is 2.47 bits per heavy atom. The van der Waals surface area contributed by atoms with Gasteiger partial charge >= 0.3 is 0 Å². The molecule has 1 aromatic carbocycles. The van der Waals surface area contributed by atoms with Crippen LogP contribution >= 0.6 is 0 Å². The van der Waals surface area contributed by atoms with Gasteiger partial charge in [-0.15, -0.1) is 0 Å². The monoisotopic (exact) mass is 616 g/mol. The van der Waals surface area contributed by atoms with Gasteiger partial charge in [-0.05, 0) is 83.4 Å². The number of fused-ring (bicyclic) bond motifs is 1. The van der Waals surface area contributed by atoms with Crippen molar-refractivity contribution < 1.29 is 14.3 Å². The number of piperazine rings is 1. The number of carbonyl (C=O) groups is 2. The van der Waals surface area contributed by atoms with Crippen molar-refractivity contribution in [3.8, 4) is 5.75 Å². The van der Waals surface area contributed by atoms with Gasteiger partial charge in [0, 0.05) is 63.5 Å². The minimum Gasteiger partial charge on any atom is -0.495 e. The molecular weight excluding hydrogens is 568 g/mol. The molecule has 45 heavy (non-hydrogen) atoms. The second-order valence-electron chi connectivity index (χ2n) is 13.2. The van der Waals surface area contributed by atoms with Gasteiger partial charge in [0.1, 0.15) is 17.1 Å². The molecule has 242 valence electrons. The third-order valence-electron chi connectivity index (χ3n) is 9.79. The number of carbonyl (C=O) groups excluding carboxylic acids is 2. The minimum atomic E-state index is -0.0935. The lowest BCUT2D eigenvalue weighted by atomic mass is 9.89. The molecule has 11 nitrogen and oxygen atoms in total. The van der Waals surface area contributed by atoms with Gasteiger partial charge in [-0.25, -0.2) is 4.98 Å². The molecule has 3 heterocycles. The summed E-state index contributed by atoms with van der Waals surface area (Å²) in [7, 11) is 3.32. The predicted octanol–water partition coefficient (Wildman–Crippen LogP) is 4.39. The van der Waals surface area contributed by atoms with E-state index >= 15 is 0 Å². The van der Waals surface area contributed by atoms with Gasteiger partial charge in [-0.1, -0.05) is 6.08 Å². The third-order valence-corrected chi connectivity index (χ3v) is 9.79. The van der Waals surface area contributed by atoms with Crippen molar-refractivity contribution >= 4 is 35.0 Å². The van der Waals surface area contributed by atoms with Crippen molar-refractivity contribution in [2.75, 3.05) is 62.0 Å². The Bertz CT molecular complexity index is 1420. The molecule has 2 N–H and O–H groups in total. The fourth-order valence-electron chi connectivity index (χ4n) is 7.01. The van der Waals surface area contributed by atoms with Crippen molar-refractivity contribution in [1.29, 1.82) is 0 Å². The van der Waals surface area contributed by atoms with Crippen molar-refractivity contribution in [3.05, 3.63) is 41.7 Å². The van der Waals surface area contributed by atoms with Crippen LogP contribution in [0.25, 0.3) is 0 Å². The number of aromatic nitrogens is 2. The summed E-state index contributed by atoms with van der Waals surface area (Å²) < 4.78 is 5.67. The van der Waals surface area contributed by atoms with E-state index in [9.17, 15) is 9.59 Å². The molecule has 0 radical (unpaired) electrons. The van der Waals surface area contributed by atoms with Gasteiger partial charge in [-0.2, -0.15) is 4.98 Å². The Kier molecular flexibility index (Phi) is 9.28. The first-order valence-electron chi connectivity index (χ1n) is 16.6. The van der Waals surface area contributed by atoms with Gasteiger partial charge in [0.25, 0.3) is 11.8 Å². The highest BCUT2D eigenvalue weighted by Gasteiger charge is 2.35. The number of hydrogen-bond acceptors (Lipinski definition) is 9. The van der Waals surface area contributed by atoms with Crippen LogP contribution in [0.1, 0.15) is 69.7 Å². The molecule has 6 rings (SSSR count). The van der Waals surface area contributed by atoms with Crippen molar-refractivity contribution in [1.82, 2.24) is 25.1 Å². The second kappa shape index (κ2) is 13.3. The summed E-state index contributed by atoms with van der Waals surface area (Å²) in [6.45, 7) is 12.0. The molecule has 2 aliphatic carbocycles. The second-order valence-corrected chi connectivity index (χ2v) is 13.2. The zero-order chi connectivity index (χ0) is 31.7. The maximum Gasteiger partial charge on any atom is 0.274 e. The van der Waals surface area contributed by atoms with Crippen LogP contribution < -0.4 is 25.2 Å². The van der Waals surface area contributed by atoms with Crippen LogP contribution in [0.5, 0.6) is 5.75 Å². The molecule has 2 amide bonds. The largest absolute Gasteiger partial charge is 0.495 e. The van der Waals surface area contributed by atoms with E-state index in [1.54, 1.807) is 37.4 Å². The highest BCUT2D eigenvalue weighted by Crippen LogP contribution is 2.38. The smallest absolute Gasteiger partial charge is 0.274 e. The van der Waals surface area contributed by atoms with Gasteiger partial charge < -0.3 is 30.1 Å². The molecule has 0 unspecified atom stereocenters. The van der Waals surface area contributed by atoms with Crippen LogP contribution in [0.4, 0.5) is 23.1 Å². The van der Waals surface area contributed by atoms with Crippen molar-refractivity contribution in [3.63, 3.8) is 0 Å². The number of allylic oxidation sites excluding steroid dienone is 1. The standard InChI is InChI=1S/C34H48N8O3/c1-6-28-33(44)39(4)29-20-35-34(38-31(29)42(28)22(2)3)37-27-14-9-24(19-30(27)45-5)32(43)36-25-10-12-26(13-11-25)41-17-15-40(16-18-41)21-23-7-8-23/h6,9,14,19-20,22-23,25-26H,7-8,10-13,15-18,21H2,1-5H3,(H,36,43)(H,35,37,38)/b28-6+. The topological polar surface area (TPSA) is 106 Å². The Morgan fingerprint density at radius 2 is 1.82 bits per heavy atom. The normalized spacial score (nSPS) is 23.8. The summed E-state index contributed by atoms with van der Waals surface area (Å²) in [4.78, 5) is 44.3. The Balaban J connectivity index is 1.06. The van der Waals surface area contributed by atoms with Gasteiger partial charge in [0.15, 0.2) is 5.82 Å². The zero-order valence-corrected chi connectivity index (χ0v) is 27.4. The zero-order valence-electron chi connectivity index (χ0n) is 27.4. The van der Waals surface area contributed by atoms with Crippen molar-refractivity contribution in [2.24, 2.45) is 5.92 Å². The molecule has 0 bridgehead atoms. The molecule has 2 saturated carbocycles. The summed E-state index contributed by atoms with van der Waals surface area (Å²) >= 11 is 0. The number of amides is 2. The molecule has 0 atom stereocenters. The number of methoxy groups -OCH3 is 1. The summed E-state index contributed by atoms with van der Waals surface area (Å²) in [6, 6.07) is 6.22. The number of ether oxygens (including phenoxy) is 1. The first-order valence-corrected chi connectivity index (χ1v) is 16.6. The van der Waals surface area contributed by atoms with Crippen LogP contribution in [-0.4, -0.2) is 96.6 Å². The molecule has 0 spiro atoms. The maximum atomic E-state index is 13.3. The van der Waals surface area contributed by atoms with E-state index in [2.05, 4.69) is 25.4 Å². The predicted molar refractivity (Wildman–Crippen MR) is 177 cm³/mol. The average molecular weight is 617 g/mol. The lowest BCUT2D eigenvalue weighted by Crippen LogP contribution is -2.52. The van der Waals surface area contributed by atoms with Crippen LogP contribution in [0, 0.1) is 5.92 Å². The first-order chi connectivity index (χ1) is 21.7. The summed E-state index contributed by atoms with van der Waals surface area (Å²) in [5.74, 6) is 2.33. The average Bonchev–Trinajstić information content (AvgIpc) is 3.87. The number of nitrogens with one attached hydrogen (secondary N) is 2. The van der Waals surface area contributed by atoms with Gasteiger partial charge in [0.2, 0.25) is 5.95 Å². The van der Waals surface area contributed by atoms with E-state index in [1.807, 2.05) is 37.8 Å². The van der Waals surface area contributed by atoms with Crippen LogP contribution in [0.15, 0.2) is 36.2 Å². The molecule has 2 aliphatic heterocycles. The Labute approximate surface area is 267 Å². The molecule has 2 aromatic rings. The van der Waals surface area contributed by atoms with E-state index in [0.29, 0.717) is 46.2 Å². The Hall–Kier alpha value is -3.70. The maximum absolute atomic E-state index is 13.3. The van der Waals surface area contributed by atoms with Crippen molar-refractivity contribution in [2.45, 2.75) is 77.4 Å². The molecule has 1 aromatic heterocycles. The lowest BCUT2D eigenvalue weighted by molar-refractivity contribution is -0.115. The molecule has 3 fully saturated rings. The highest BCUT2D eigenvalue weighted by molar-refractivity contribution is 6.12. The summed E-state index contributed by atoms with van der Waals surface area (Å²) in [6.07, 6.45) is 10.6. The molecule has 11 heteroatoms. The van der Waals surface area contributed by atoms with E-state index in [4.69, 9.17) is 9.72 Å². The van der Waals surface area contributed by atoms with Crippen LogP contribution in [0.2, 0.25) is 0 Å². The number of benzene rings is 1. The first kappa shape index (κ1) is 31.3. The van der Waals surface area contributed by atoms with E-state index < -0.39 is 0 Å². The highest BCUT2D eigenvalue weighted by atomic mass is 16.5. The Morgan fingerprint density at radius 1 is 1.09 bits per heavy atom. The quantitative estimate of drug-likeness (QED) is 0.397. The number of rotatable bonds is 9. The fourth-order valence-corrected chi connectivity index (χ4v) is 7.01. The van der Waals surface area contributed by atoms with Crippen LogP contribution in [0.3, 0.4) is 0 Å². The third kappa shape index (κ3) is 6.79. The SMILES string of the molecule is C/C=C1\C(=O)N(C)c2cnc(Nc3ccc(C(=O)NC4CCC(N5CCN(CC6CC6)CC5)CC4)cc3OC)nc2N1C(C)C. The number of hydrogen-bond donors (Lipinski definition) is 2. The molecule has 4 aliphatic rings. The summed E-state index contributed by atoms with van der Waals surface area (Å²) in [5.41, 5.74) is 2.42. The number of anilines is 4. The fraction of sp³-hybridized carbons (Fsp3) is 0.588. The number of nitrogens with zero attached hydrogens (tertiary/aromatic N) is 6. The molecular formula is C34H48N8O3. The van der Waals surface area contributed by atoms with Gasteiger partial charge in [0.05, 0.1) is 19.0 Å². The van der Waals surface area contributed by atoms with E-state index in [-0.39, 0.29) is 23.9 Å². The molecule has 1 saturated heterocycles. The van der Waals surface area contributed by atoms with E-state index in [0.717, 1.165) is 31.6 Å². The van der Waals surface area contributed by atoms with Crippen LogP contribution in [-0.2, 0) is 4.79 Å². The van der Waals surface area contributed by atoms with E-state index in [1.165, 1.54) is 45.6 Å². The number of likely N-dealkylation sites (N-methyl/N-ethyl adjacent to an activating group) is 1. The summed E-state index contributed by atoms with van der Waals surface area (Å²) in [5, 5.41) is 6.53.